The fraction of sp³-hybridized carbons (Fsp3) is 0.750. The zero-order valence-electron chi connectivity index (χ0n) is 12.2. The highest BCUT2D eigenvalue weighted by Gasteiger charge is 2.25. The van der Waals surface area contributed by atoms with Crippen molar-refractivity contribution in [3.05, 3.63) is 25.3 Å². The van der Waals surface area contributed by atoms with Crippen LogP contribution in [0.1, 0.15) is 51.4 Å². The van der Waals surface area contributed by atoms with Crippen molar-refractivity contribution in [2.24, 2.45) is 0 Å². The molecule has 0 bridgehead atoms. The largest absolute Gasteiger partial charge is 0.396 e. The van der Waals surface area contributed by atoms with Crippen LogP contribution in [0.2, 0.25) is 0 Å². The van der Waals surface area contributed by atoms with Crippen LogP contribution in [0.5, 0.6) is 0 Å². The van der Waals surface area contributed by atoms with Crippen LogP contribution in [0.15, 0.2) is 25.3 Å². The minimum absolute atomic E-state index is 0.0396. The third-order valence-electron chi connectivity index (χ3n) is 3.47. The first-order chi connectivity index (χ1) is 9.24. The lowest BCUT2D eigenvalue weighted by molar-refractivity contribution is 0.252. The second kappa shape index (κ2) is 12.4. The van der Waals surface area contributed by atoms with E-state index in [1.54, 1.807) is 0 Å². The smallest absolute Gasteiger partial charge is 0.0431 e. The highest BCUT2D eigenvalue weighted by Crippen LogP contribution is 2.24. The summed E-state index contributed by atoms with van der Waals surface area (Å²) in [4.78, 5) is 0. The van der Waals surface area contributed by atoms with Gasteiger partial charge in [-0.2, -0.15) is 0 Å². The molecule has 0 aliphatic heterocycles. The molecule has 0 aromatic rings. The molecule has 0 aromatic heterocycles. The first-order valence-corrected chi connectivity index (χ1v) is 7.43. The van der Waals surface area contributed by atoms with Crippen molar-refractivity contribution in [3.63, 3.8) is 0 Å². The van der Waals surface area contributed by atoms with E-state index in [1.165, 1.54) is 0 Å². The molecular formula is C16H31NO2. The molecule has 0 saturated heterocycles. The number of hydrogen-bond acceptors (Lipinski definition) is 3. The Labute approximate surface area is 118 Å². The maximum Gasteiger partial charge on any atom is 0.0431 e. The Hall–Kier alpha value is -0.640. The average Bonchev–Trinajstić information content (AvgIpc) is 2.39. The van der Waals surface area contributed by atoms with E-state index >= 15 is 0 Å². The number of aliphatic hydroxyl groups excluding tert-OH is 2. The first-order valence-electron chi connectivity index (χ1n) is 7.43. The van der Waals surface area contributed by atoms with E-state index in [4.69, 9.17) is 10.2 Å². The zero-order chi connectivity index (χ0) is 14.4. The van der Waals surface area contributed by atoms with Crippen molar-refractivity contribution < 1.29 is 10.2 Å². The molecular weight excluding hydrogens is 238 g/mol. The van der Waals surface area contributed by atoms with Gasteiger partial charge in [-0.05, 0) is 57.9 Å². The lowest BCUT2D eigenvalue weighted by atomic mass is 9.85. The van der Waals surface area contributed by atoms with E-state index in [-0.39, 0.29) is 18.8 Å². The highest BCUT2D eigenvalue weighted by molar-refractivity contribution is 4.98. The number of nitrogens with one attached hydrogen (secondary N) is 1. The monoisotopic (exact) mass is 269 g/mol. The molecule has 0 fully saturated rings. The Kier molecular flexibility index (Phi) is 12.0. The molecule has 19 heavy (non-hydrogen) atoms. The lowest BCUT2D eigenvalue weighted by Gasteiger charge is -2.34. The van der Waals surface area contributed by atoms with Gasteiger partial charge in [0.1, 0.15) is 0 Å². The molecule has 0 spiro atoms. The molecule has 0 atom stereocenters. The molecule has 3 N–H and O–H groups in total. The quantitative estimate of drug-likeness (QED) is 0.336. The molecule has 0 saturated carbocycles. The van der Waals surface area contributed by atoms with Crippen LogP contribution < -0.4 is 5.32 Å². The fourth-order valence-corrected chi connectivity index (χ4v) is 2.42. The third kappa shape index (κ3) is 8.98. The predicted molar refractivity (Wildman–Crippen MR) is 82.2 cm³/mol. The van der Waals surface area contributed by atoms with Gasteiger partial charge in [-0.3, -0.25) is 0 Å². The van der Waals surface area contributed by atoms with Gasteiger partial charge in [0.05, 0.1) is 0 Å². The van der Waals surface area contributed by atoms with Gasteiger partial charge >= 0.3 is 0 Å². The van der Waals surface area contributed by atoms with E-state index in [2.05, 4.69) is 18.5 Å². The van der Waals surface area contributed by atoms with E-state index in [0.717, 1.165) is 57.9 Å². The van der Waals surface area contributed by atoms with Crippen molar-refractivity contribution >= 4 is 0 Å². The molecule has 0 heterocycles. The van der Waals surface area contributed by atoms with Crippen LogP contribution in [-0.4, -0.2) is 35.5 Å². The summed E-state index contributed by atoms with van der Waals surface area (Å²) in [6.45, 7) is 9.21. The van der Waals surface area contributed by atoms with Crippen LogP contribution in [-0.2, 0) is 0 Å². The van der Waals surface area contributed by atoms with Gasteiger partial charge in [-0.1, -0.05) is 12.2 Å². The maximum atomic E-state index is 8.91. The molecule has 0 rings (SSSR count). The van der Waals surface area contributed by atoms with Crippen molar-refractivity contribution in [1.29, 1.82) is 0 Å². The summed E-state index contributed by atoms with van der Waals surface area (Å²) >= 11 is 0. The Morgan fingerprint density at radius 1 is 0.842 bits per heavy atom. The summed E-state index contributed by atoms with van der Waals surface area (Å²) in [5, 5.41) is 21.3. The maximum absolute atomic E-state index is 8.91. The third-order valence-corrected chi connectivity index (χ3v) is 3.47. The molecule has 0 radical (unpaired) electrons. The SMILES string of the molecule is C=CCC(CC=C)(CCCCO)NCCCCCO. The summed E-state index contributed by atoms with van der Waals surface area (Å²) in [5.41, 5.74) is 0.0396. The average molecular weight is 269 g/mol. The Morgan fingerprint density at radius 2 is 1.42 bits per heavy atom. The molecule has 0 unspecified atom stereocenters. The fourth-order valence-electron chi connectivity index (χ4n) is 2.42. The number of aliphatic hydroxyl groups is 2. The van der Waals surface area contributed by atoms with Crippen LogP contribution in [0.4, 0.5) is 0 Å². The van der Waals surface area contributed by atoms with E-state index in [1.807, 2.05) is 12.2 Å². The zero-order valence-corrected chi connectivity index (χ0v) is 12.2. The topological polar surface area (TPSA) is 52.5 Å². The molecule has 3 nitrogen and oxygen atoms in total. The van der Waals surface area contributed by atoms with Crippen LogP contribution in [0.25, 0.3) is 0 Å². The van der Waals surface area contributed by atoms with Gasteiger partial charge in [0.2, 0.25) is 0 Å². The van der Waals surface area contributed by atoms with Crippen LogP contribution in [0.3, 0.4) is 0 Å². The molecule has 0 amide bonds. The van der Waals surface area contributed by atoms with E-state index in [0.29, 0.717) is 0 Å². The standard InChI is InChI=1S/C16H31NO2/c1-3-10-16(11-4-2,12-6-9-15-19)17-13-7-5-8-14-18/h3-4,17-19H,1-2,5-15H2. The Balaban J connectivity index is 4.25. The van der Waals surface area contributed by atoms with Crippen molar-refractivity contribution in [1.82, 2.24) is 5.32 Å². The van der Waals surface area contributed by atoms with Crippen LogP contribution >= 0.6 is 0 Å². The van der Waals surface area contributed by atoms with Gasteiger partial charge in [0.15, 0.2) is 0 Å². The summed E-state index contributed by atoms with van der Waals surface area (Å²) in [6.07, 6.45) is 11.7. The molecule has 0 aliphatic rings. The predicted octanol–water partition coefficient (Wildman–Crippen LogP) is 2.79. The number of hydrogen-bond donors (Lipinski definition) is 3. The Bertz CT molecular complexity index is 219. The van der Waals surface area contributed by atoms with Crippen LogP contribution in [0, 0.1) is 0 Å². The normalized spacial score (nSPS) is 11.5. The van der Waals surface area contributed by atoms with Crippen molar-refractivity contribution in [3.8, 4) is 0 Å². The highest BCUT2D eigenvalue weighted by atomic mass is 16.3. The summed E-state index contributed by atoms with van der Waals surface area (Å²) < 4.78 is 0. The second-order valence-electron chi connectivity index (χ2n) is 5.16. The minimum Gasteiger partial charge on any atom is -0.396 e. The van der Waals surface area contributed by atoms with E-state index in [9.17, 15) is 0 Å². The van der Waals surface area contributed by atoms with Gasteiger partial charge in [0, 0.05) is 18.8 Å². The van der Waals surface area contributed by atoms with Gasteiger partial charge < -0.3 is 15.5 Å². The number of unbranched alkanes of at least 4 members (excludes halogenated alkanes) is 3. The summed E-state index contributed by atoms with van der Waals surface area (Å²) in [6, 6.07) is 0. The summed E-state index contributed by atoms with van der Waals surface area (Å²) in [7, 11) is 0. The molecule has 112 valence electrons. The first kappa shape index (κ1) is 18.4. The van der Waals surface area contributed by atoms with Gasteiger partial charge in [-0.15, -0.1) is 13.2 Å². The molecule has 0 aliphatic carbocycles. The van der Waals surface area contributed by atoms with Gasteiger partial charge in [0.25, 0.3) is 0 Å². The minimum atomic E-state index is 0.0396. The Morgan fingerprint density at radius 3 is 1.95 bits per heavy atom. The van der Waals surface area contributed by atoms with Crippen molar-refractivity contribution in [2.45, 2.75) is 56.9 Å². The second-order valence-corrected chi connectivity index (χ2v) is 5.16. The van der Waals surface area contributed by atoms with Gasteiger partial charge in [-0.25, -0.2) is 0 Å². The lowest BCUT2D eigenvalue weighted by Crippen LogP contribution is -2.45. The number of rotatable bonds is 14. The summed E-state index contributed by atoms with van der Waals surface area (Å²) in [5.74, 6) is 0. The van der Waals surface area contributed by atoms with Crippen molar-refractivity contribution in [2.75, 3.05) is 19.8 Å². The molecule has 3 heteroatoms. The molecule has 0 aromatic carbocycles. The van der Waals surface area contributed by atoms with E-state index < -0.39 is 0 Å².